The SMILES string of the molecule is COc1nc(N[C@H](CC(C)C)C(N)=O)nc(Nc2cccc(-c3ncccn3)c2)c1C#N. The van der Waals surface area contributed by atoms with Crippen LogP contribution in [0.5, 0.6) is 5.88 Å². The number of carbonyl (C=O) groups excluding carboxylic acids is 1. The first-order chi connectivity index (χ1) is 15.4. The summed E-state index contributed by atoms with van der Waals surface area (Å²) < 4.78 is 5.28. The lowest BCUT2D eigenvalue weighted by Crippen LogP contribution is -2.37. The van der Waals surface area contributed by atoms with E-state index < -0.39 is 11.9 Å². The van der Waals surface area contributed by atoms with Crippen LogP contribution < -0.4 is 21.1 Å². The average Bonchev–Trinajstić information content (AvgIpc) is 2.78. The van der Waals surface area contributed by atoms with Gasteiger partial charge in [-0.2, -0.15) is 15.2 Å². The number of hydrogen-bond donors (Lipinski definition) is 3. The number of nitrogens with one attached hydrogen (secondary N) is 2. The highest BCUT2D eigenvalue weighted by Gasteiger charge is 2.21. The number of anilines is 3. The van der Waals surface area contributed by atoms with Gasteiger partial charge in [0.05, 0.1) is 7.11 Å². The van der Waals surface area contributed by atoms with E-state index in [-0.39, 0.29) is 29.1 Å². The van der Waals surface area contributed by atoms with E-state index in [4.69, 9.17) is 10.5 Å². The number of benzene rings is 1. The highest BCUT2D eigenvalue weighted by molar-refractivity contribution is 5.82. The van der Waals surface area contributed by atoms with Crippen molar-refractivity contribution in [3.63, 3.8) is 0 Å². The first-order valence-electron chi connectivity index (χ1n) is 9.97. The predicted molar refractivity (Wildman–Crippen MR) is 120 cm³/mol. The maximum atomic E-state index is 11.9. The molecule has 1 aromatic carbocycles. The van der Waals surface area contributed by atoms with Gasteiger partial charge in [-0.1, -0.05) is 26.0 Å². The Morgan fingerprint density at radius 1 is 1.22 bits per heavy atom. The number of aromatic nitrogens is 4. The summed E-state index contributed by atoms with van der Waals surface area (Å²) in [6, 6.07) is 10.5. The molecule has 3 rings (SSSR count). The van der Waals surface area contributed by atoms with Crippen molar-refractivity contribution in [2.24, 2.45) is 11.7 Å². The van der Waals surface area contributed by atoms with Crippen molar-refractivity contribution in [2.75, 3.05) is 17.7 Å². The lowest BCUT2D eigenvalue weighted by molar-refractivity contribution is -0.119. The van der Waals surface area contributed by atoms with E-state index in [2.05, 4.69) is 36.6 Å². The van der Waals surface area contributed by atoms with E-state index in [1.165, 1.54) is 7.11 Å². The van der Waals surface area contributed by atoms with E-state index in [9.17, 15) is 10.1 Å². The van der Waals surface area contributed by atoms with Crippen LogP contribution in [0.3, 0.4) is 0 Å². The quantitative estimate of drug-likeness (QED) is 0.463. The molecule has 1 amide bonds. The Labute approximate surface area is 185 Å². The summed E-state index contributed by atoms with van der Waals surface area (Å²) in [6.45, 7) is 3.96. The van der Waals surface area contributed by atoms with Crippen molar-refractivity contribution < 1.29 is 9.53 Å². The Bertz CT molecular complexity index is 1130. The molecule has 3 aromatic rings. The third-order valence-corrected chi connectivity index (χ3v) is 4.48. The van der Waals surface area contributed by atoms with Gasteiger partial charge in [-0.15, -0.1) is 0 Å². The number of rotatable bonds is 9. The highest BCUT2D eigenvalue weighted by atomic mass is 16.5. The molecule has 0 aliphatic rings. The van der Waals surface area contributed by atoms with Gasteiger partial charge in [0.15, 0.2) is 17.2 Å². The summed E-state index contributed by atoms with van der Waals surface area (Å²) >= 11 is 0. The van der Waals surface area contributed by atoms with Crippen LogP contribution in [0.2, 0.25) is 0 Å². The molecule has 0 saturated carbocycles. The Balaban J connectivity index is 1.96. The van der Waals surface area contributed by atoms with Crippen LogP contribution in [0, 0.1) is 17.2 Å². The molecule has 0 radical (unpaired) electrons. The fourth-order valence-electron chi connectivity index (χ4n) is 3.04. The number of ether oxygens (including phenoxy) is 1. The molecule has 4 N–H and O–H groups in total. The first-order valence-corrected chi connectivity index (χ1v) is 9.97. The van der Waals surface area contributed by atoms with Gasteiger partial charge in [0, 0.05) is 23.6 Å². The van der Waals surface area contributed by atoms with E-state index in [0.717, 1.165) is 5.56 Å². The summed E-state index contributed by atoms with van der Waals surface area (Å²) in [5.74, 6) is 0.688. The molecule has 1 atom stereocenters. The molecule has 2 heterocycles. The minimum Gasteiger partial charge on any atom is -0.480 e. The standard InChI is InChI=1S/C22H24N8O2/c1-13(2)10-17(18(24)31)28-22-29-20(16(12-23)21(30-22)32-3)27-15-7-4-6-14(11-15)19-25-8-5-9-26-19/h4-9,11,13,17H,10H2,1-3H3,(H2,24,31)(H2,27,28,29,30)/t17-/m1/s1. The van der Waals surface area contributed by atoms with Crippen molar-refractivity contribution >= 4 is 23.4 Å². The summed E-state index contributed by atoms with van der Waals surface area (Å²) in [7, 11) is 1.41. The van der Waals surface area contributed by atoms with Gasteiger partial charge in [0.2, 0.25) is 17.7 Å². The normalized spacial score (nSPS) is 11.5. The van der Waals surface area contributed by atoms with Crippen molar-refractivity contribution in [1.29, 1.82) is 5.26 Å². The summed E-state index contributed by atoms with van der Waals surface area (Å²) in [5, 5.41) is 15.7. The number of hydrogen-bond acceptors (Lipinski definition) is 9. The zero-order valence-corrected chi connectivity index (χ0v) is 18.0. The second-order valence-electron chi connectivity index (χ2n) is 7.40. The lowest BCUT2D eigenvalue weighted by atomic mass is 10.0. The van der Waals surface area contributed by atoms with E-state index in [1.54, 1.807) is 18.5 Å². The van der Waals surface area contributed by atoms with Crippen LogP contribution in [0.1, 0.15) is 25.8 Å². The zero-order chi connectivity index (χ0) is 23.1. The van der Waals surface area contributed by atoms with E-state index >= 15 is 0 Å². The zero-order valence-electron chi connectivity index (χ0n) is 18.0. The average molecular weight is 432 g/mol. The monoisotopic (exact) mass is 432 g/mol. The Hall–Kier alpha value is -4.26. The Morgan fingerprint density at radius 2 is 1.97 bits per heavy atom. The van der Waals surface area contributed by atoms with Crippen molar-refractivity contribution in [1.82, 2.24) is 19.9 Å². The predicted octanol–water partition coefficient (Wildman–Crippen LogP) is 2.87. The van der Waals surface area contributed by atoms with Gasteiger partial charge in [-0.05, 0) is 30.5 Å². The Kier molecular flexibility index (Phi) is 7.13. The number of nitriles is 1. The van der Waals surface area contributed by atoms with Crippen molar-refractivity contribution in [3.8, 4) is 23.3 Å². The molecule has 0 spiro atoms. The van der Waals surface area contributed by atoms with Gasteiger partial charge in [0.1, 0.15) is 12.1 Å². The largest absolute Gasteiger partial charge is 0.480 e. The smallest absolute Gasteiger partial charge is 0.240 e. The highest BCUT2D eigenvalue weighted by Crippen LogP contribution is 2.28. The molecule has 0 aliphatic carbocycles. The number of primary amides is 1. The molecule has 0 aliphatic heterocycles. The third kappa shape index (κ3) is 5.46. The maximum Gasteiger partial charge on any atom is 0.240 e. The number of carbonyl (C=O) groups is 1. The minimum absolute atomic E-state index is 0.0721. The van der Waals surface area contributed by atoms with E-state index in [0.29, 0.717) is 17.9 Å². The fraction of sp³-hybridized carbons (Fsp3) is 0.273. The molecule has 164 valence electrons. The van der Waals surface area contributed by atoms with E-state index in [1.807, 2.05) is 38.1 Å². The number of methoxy groups -OCH3 is 1. The molecular weight excluding hydrogens is 408 g/mol. The van der Waals surface area contributed by atoms with Crippen LogP contribution in [0.15, 0.2) is 42.7 Å². The van der Waals surface area contributed by atoms with Crippen LogP contribution in [-0.4, -0.2) is 39.0 Å². The number of nitrogens with two attached hydrogens (primary N) is 1. The Morgan fingerprint density at radius 3 is 2.59 bits per heavy atom. The summed E-state index contributed by atoms with van der Waals surface area (Å²) in [4.78, 5) is 29.0. The van der Waals surface area contributed by atoms with Crippen LogP contribution >= 0.6 is 0 Å². The molecular formula is C22H24N8O2. The van der Waals surface area contributed by atoms with Crippen LogP contribution in [0.4, 0.5) is 17.5 Å². The van der Waals surface area contributed by atoms with Gasteiger partial charge < -0.3 is 21.1 Å². The van der Waals surface area contributed by atoms with Gasteiger partial charge in [0.25, 0.3) is 0 Å². The van der Waals surface area contributed by atoms with Crippen molar-refractivity contribution in [2.45, 2.75) is 26.3 Å². The third-order valence-electron chi connectivity index (χ3n) is 4.48. The molecule has 0 unspecified atom stereocenters. The second kappa shape index (κ2) is 10.2. The van der Waals surface area contributed by atoms with Crippen LogP contribution in [0.25, 0.3) is 11.4 Å². The molecule has 0 bridgehead atoms. The lowest BCUT2D eigenvalue weighted by Gasteiger charge is -2.19. The second-order valence-corrected chi connectivity index (χ2v) is 7.40. The number of nitrogens with zero attached hydrogens (tertiary/aromatic N) is 5. The molecule has 32 heavy (non-hydrogen) atoms. The van der Waals surface area contributed by atoms with Gasteiger partial charge in [-0.3, -0.25) is 4.79 Å². The summed E-state index contributed by atoms with van der Waals surface area (Å²) in [6.07, 6.45) is 3.83. The molecule has 2 aromatic heterocycles. The molecule has 10 heteroatoms. The van der Waals surface area contributed by atoms with Gasteiger partial charge >= 0.3 is 0 Å². The fourth-order valence-corrected chi connectivity index (χ4v) is 3.04. The molecule has 0 fully saturated rings. The van der Waals surface area contributed by atoms with Crippen molar-refractivity contribution in [3.05, 3.63) is 48.3 Å². The van der Waals surface area contributed by atoms with Crippen LogP contribution in [-0.2, 0) is 4.79 Å². The summed E-state index contributed by atoms with van der Waals surface area (Å²) in [5.41, 5.74) is 7.10. The van der Waals surface area contributed by atoms with Gasteiger partial charge in [-0.25, -0.2) is 9.97 Å². The molecule has 10 nitrogen and oxygen atoms in total. The topological polar surface area (TPSA) is 152 Å². The molecule has 0 saturated heterocycles. The minimum atomic E-state index is -0.668. The first kappa shape index (κ1) is 22.4. The maximum absolute atomic E-state index is 11.9. The number of amides is 1.